The van der Waals surface area contributed by atoms with E-state index < -0.39 is 29.4 Å². The molecule has 0 bridgehead atoms. The molecule has 0 saturated carbocycles. The molecule has 1 aliphatic rings. The second-order valence-corrected chi connectivity index (χ2v) is 7.59. The van der Waals surface area contributed by atoms with Crippen LogP contribution in [0.1, 0.15) is 26.5 Å². The second kappa shape index (κ2) is 9.03. The van der Waals surface area contributed by atoms with Gasteiger partial charge in [-0.2, -0.15) is 18.3 Å². The van der Waals surface area contributed by atoms with E-state index in [1.54, 1.807) is 0 Å². The zero-order valence-corrected chi connectivity index (χ0v) is 18.7. The van der Waals surface area contributed by atoms with Crippen molar-refractivity contribution < 1.29 is 32.2 Å². The third-order valence-corrected chi connectivity index (χ3v) is 5.31. The number of carbonyl (C=O) groups is 2. The maximum absolute atomic E-state index is 13.4. The highest BCUT2D eigenvalue weighted by Crippen LogP contribution is 2.44. The maximum Gasteiger partial charge on any atom is 0.435 e. The predicted octanol–water partition coefficient (Wildman–Crippen LogP) is 3.98. The van der Waals surface area contributed by atoms with E-state index in [0.717, 1.165) is 0 Å². The largest absolute Gasteiger partial charge is 0.486 e. The molecule has 1 aliphatic heterocycles. The summed E-state index contributed by atoms with van der Waals surface area (Å²) in [4.78, 5) is 29.5. The Labute approximate surface area is 199 Å². The molecule has 4 rings (SSSR count). The van der Waals surface area contributed by atoms with Crippen molar-refractivity contribution in [3.63, 3.8) is 0 Å². The fourth-order valence-corrected chi connectivity index (χ4v) is 3.63. The van der Waals surface area contributed by atoms with Crippen LogP contribution in [-0.2, 0) is 6.18 Å². The third-order valence-electron chi connectivity index (χ3n) is 4.66. The van der Waals surface area contributed by atoms with Crippen LogP contribution in [0.3, 0.4) is 0 Å². The smallest absolute Gasteiger partial charge is 0.435 e. The predicted molar refractivity (Wildman–Crippen MR) is 115 cm³/mol. The van der Waals surface area contributed by atoms with Crippen LogP contribution in [-0.4, -0.2) is 46.8 Å². The molecule has 14 heteroatoms. The van der Waals surface area contributed by atoms with E-state index in [1.165, 1.54) is 31.4 Å². The normalized spacial score (nSPS) is 12.9. The van der Waals surface area contributed by atoms with E-state index in [1.807, 2.05) is 0 Å². The summed E-state index contributed by atoms with van der Waals surface area (Å²) in [6.45, 7) is 0.381. The molecule has 0 aliphatic carbocycles. The van der Waals surface area contributed by atoms with Gasteiger partial charge in [-0.05, 0) is 18.2 Å². The molecule has 0 atom stereocenters. The summed E-state index contributed by atoms with van der Waals surface area (Å²) in [5.74, 6) is -1.64. The van der Waals surface area contributed by atoms with E-state index in [2.05, 4.69) is 20.7 Å². The lowest BCUT2D eigenvalue weighted by Crippen LogP contribution is -2.24. The number of nitrogens with one attached hydrogen (secondary N) is 2. The van der Waals surface area contributed by atoms with E-state index in [-0.39, 0.29) is 51.8 Å². The molecule has 0 radical (unpaired) electrons. The molecule has 9 nitrogen and oxygen atoms in total. The lowest BCUT2D eigenvalue weighted by molar-refractivity contribution is -0.141. The number of hydrogen-bond donors (Lipinski definition) is 2. The first-order valence-corrected chi connectivity index (χ1v) is 10.3. The van der Waals surface area contributed by atoms with Gasteiger partial charge in [0.1, 0.15) is 23.9 Å². The highest BCUT2D eigenvalue weighted by Gasteiger charge is 2.37. The van der Waals surface area contributed by atoms with E-state index in [9.17, 15) is 22.8 Å². The molecule has 178 valence electrons. The van der Waals surface area contributed by atoms with Gasteiger partial charge < -0.3 is 20.1 Å². The average molecular weight is 516 g/mol. The van der Waals surface area contributed by atoms with Gasteiger partial charge in [-0.25, -0.2) is 9.67 Å². The molecule has 0 unspecified atom stereocenters. The fraction of sp³-hybridized carbons (Fsp3) is 0.200. The highest BCUT2D eigenvalue weighted by atomic mass is 35.5. The molecule has 34 heavy (non-hydrogen) atoms. The SMILES string of the molecule is CNC(=O)c1cc2c(c(Cl)c1NC(=O)c1cc(C(F)(F)F)nn1-c1ncccc1Cl)OCCO2. The molecule has 3 aromatic rings. The van der Waals surface area contributed by atoms with Gasteiger partial charge >= 0.3 is 6.18 Å². The summed E-state index contributed by atoms with van der Waals surface area (Å²) in [6, 6.07) is 4.68. The van der Waals surface area contributed by atoms with E-state index in [0.29, 0.717) is 10.7 Å². The van der Waals surface area contributed by atoms with Gasteiger partial charge in [0.2, 0.25) is 0 Å². The molecule has 2 aromatic heterocycles. The standard InChI is InChI=1S/C20H14Cl2F3N5O4/c1-26-18(31)9-7-12-16(34-6-5-33-12)14(22)15(9)28-19(32)11-8-13(20(23,24)25)29-30(11)17-10(21)3-2-4-27-17/h2-4,7-8H,5-6H2,1H3,(H,26,31)(H,28,32). The number of anilines is 1. The van der Waals surface area contributed by atoms with Crippen LogP contribution in [0.5, 0.6) is 11.5 Å². The molecule has 2 N–H and O–H groups in total. The van der Waals surface area contributed by atoms with Crippen molar-refractivity contribution in [2.24, 2.45) is 0 Å². The summed E-state index contributed by atoms with van der Waals surface area (Å²) < 4.78 is 51.8. The van der Waals surface area contributed by atoms with E-state index in [4.69, 9.17) is 32.7 Å². The molecule has 2 amide bonds. The lowest BCUT2D eigenvalue weighted by atomic mass is 10.1. The van der Waals surface area contributed by atoms with E-state index >= 15 is 0 Å². The van der Waals surface area contributed by atoms with Crippen molar-refractivity contribution in [3.05, 3.63) is 57.5 Å². The zero-order valence-electron chi connectivity index (χ0n) is 17.2. The van der Waals surface area contributed by atoms with Gasteiger partial charge in [-0.15, -0.1) is 0 Å². The molecule has 0 saturated heterocycles. The van der Waals surface area contributed by atoms with Crippen LogP contribution >= 0.6 is 23.2 Å². The Morgan fingerprint density at radius 1 is 1.15 bits per heavy atom. The van der Waals surface area contributed by atoms with Gasteiger partial charge in [-0.3, -0.25) is 9.59 Å². The summed E-state index contributed by atoms with van der Waals surface area (Å²) in [6.07, 6.45) is -3.58. The number of fused-ring (bicyclic) bond motifs is 1. The number of nitrogens with zero attached hydrogens (tertiary/aromatic N) is 3. The van der Waals surface area contributed by atoms with Crippen molar-refractivity contribution in [1.29, 1.82) is 0 Å². The number of pyridine rings is 1. The first-order chi connectivity index (χ1) is 16.1. The quantitative estimate of drug-likeness (QED) is 0.544. The van der Waals surface area contributed by atoms with Crippen molar-refractivity contribution in [1.82, 2.24) is 20.1 Å². The third kappa shape index (κ3) is 4.33. The number of amides is 2. The molecule has 0 spiro atoms. The van der Waals surface area contributed by atoms with Gasteiger partial charge in [0.25, 0.3) is 11.8 Å². The number of benzene rings is 1. The Bertz CT molecular complexity index is 1300. The molecule has 1 aromatic carbocycles. The van der Waals surface area contributed by atoms with Crippen molar-refractivity contribution in [2.75, 3.05) is 25.6 Å². The summed E-state index contributed by atoms with van der Waals surface area (Å²) in [5, 5.41) is 8.05. The number of ether oxygens (including phenoxy) is 2. The summed E-state index contributed by atoms with van der Waals surface area (Å²) in [5.41, 5.74) is -2.19. The molecular formula is C20H14Cl2F3N5O4. The number of halogens is 5. The van der Waals surface area contributed by atoms with Crippen LogP contribution in [0, 0.1) is 0 Å². The lowest BCUT2D eigenvalue weighted by Gasteiger charge is -2.23. The first kappa shape index (κ1) is 23.6. The van der Waals surface area contributed by atoms with Gasteiger partial charge in [-0.1, -0.05) is 23.2 Å². The Balaban J connectivity index is 1.83. The minimum Gasteiger partial charge on any atom is -0.486 e. The number of aromatic nitrogens is 3. The van der Waals surface area contributed by atoms with Crippen LogP contribution in [0.4, 0.5) is 18.9 Å². The minimum absolute atomic E-state index is 0.0446. The zero-order chi connectivity index (χ0) is 24.6. The number of carbonyl (C=O) groups excluding carboxylic acids is 2. The van der Waals surface area contributed by atoms with Crippen molar-refractivity contribution in [3.8, 4) is 17.3 Å². The van der Waals surface area contributed by atoms with Gasteiger partial charge in [0.15, 0.2) is 23.0 Å². The highest BCUT2D eigenvalue weighted by molar-refractivity contribution is 6.37. The Morgan fingerprint density at radius 2 is 1.88 bits per heavy atom. The molecule has 3 heterocycles. The van der Waals surface area contributed by atoms with Crippen LogP contribution < -0.4 is 20.1 Å². The monoisotopic (exact) mass is 515 g/mol. The van der Waals surface area contributed by atoms with Crippen molar-refractivity contribution in [2.45, 2.75) is 6.18 Å². The average Bonchev–Trinajstić information content (AvgIpc) is 3.26. The Hall–Kier alpha value is -3.51. The maximum atomic E-state index is 13.4. The fourth-order valence-electron chi connectivity index (χ4n) is 3.14. The van der Waals surface area contributed by atoms with Crippen LogP contribution in [0.15, 0.2) is 30.5 Å². The summed E-state index contributed by atoms with van der Waals surface area (Å²) >= 11 is 12.5. The van der Waals surface area contributed by atoms with Gasteiger partial charge in [0, 0.05) is 19.3 Å². The number of rotatable bonds is 4. The Morgan fingerprint density at radius 3 is 2.56 bits per heavy atom. The second-order valence-electron chi connectivity index (χ2n) is 6.80. The van der Waals surface area contributed by atoms with Crippen LogP contribution in [0.2, 0.25) is 10.0 Å². The Kier molecular flexibility index (Phi) is 6.28. The minimum atomic E-state index is -4.86. The molecular weight excluding hydrogens is 502 g/mol. The van der Waals surface area contributed by atoms with Gasteiger partial charge in [0.05, 0.1) is 16.3 Å². The molecule has 0 fully saturated rings. The number of hydrogen-bond acceptors (Lipinski definition) is 6. The van der Waals surface area contributed by atoms with Crippen molar-refractivity contribution >= 4 is 40.7 Å². The number of alkyl halides is 3. The van der Waals surface area contributed by atoms with Crippen LogP contribution in [0.25, 0.3) is 5.82 Å². The topological polar surface area (TPSA) is 107 Å². The summed E-state index contributed by atoms with van der Waals surface area (Å²) in [7, 11) is 1.35. The first-order valence-electron chi connectivity index (χ1n) is 9.55.